The first-order chi connectivity index (χ1) is 7.63. The Morgan fingerprint density at radius 2 is 2.19 bits per heavy atom. The summed E-state index contributed by atoms with van der Waals surface area (Å²) in [5.74, 6) is 0.104. The van der Waals surface area contributed by atoms with E-state index in [1.807, 2.05) is 0 Å². The molecule has 0 heterocycles. The van der Waals surface area contributed by atoms with E-state index in [1.165, 1.54) is 12.1 Å². The SMILES string of the molecule is NCCC=Cc1cc(Cl)ccc1OC(F)F. The van der Waals surface area contributed by atoms with Crippen LogP contribution in [0.4, 0.5) is 8.78 Å². The third-order valence-corrected chi connectivity index (χ3v) is 2.05. The highest BCUT2D eigenvalue weighted by atomic mass is 35.5. The van der Waals surface area contributed by atoms with Gasteiger partial charge in [0, 0.05) is 10.6 Å². The molecule has 1 aromatic carbocycles. The molecule has 0 atom stereocenters. The molecule has 0 aliphatic rings. The predicted octanol–water partition coefficient (Wildman–Crippen LogP) is 3.30. The molecule has 0 amide bonds. The van der Waals surface area contributed by atoms with Gasteiger partial charge in [-0.2, -0.15) is 8.78 Å². The molecule has 0 bridgehead atoms. The van der Waals surface area contributed by atoms with E-state index in [0.29, 0.717) is 23.6 Å². The van der Waals surface area contributed by atoms with Crippen LogP contribution >= 0.6 is 11.6 Å². The highest BCUT2D eigenvalue weighted by Crippen LogP contribution is 2.25. The molecule has 1 aromatic rings. The molecule has 2 N–H and O–H groups in total. The fourth-order valence-electron chi connectivity index (χ4n) is 1.16. The van der Waals surface area contributed by atoms with Crippen molar-refractivity contribution in [1.82, 2.24) is 0 Å². The average Bonchev–Trinajstić information content (AvgIpc) is 2.22. The Labute approximate surface area is 97.7 Å². The van der Waals surface area contributed by atoms with E-state index in [0.717, 1.165) is 0 Å². The highest BCUT2D eigenvalue weighted by molar-refractivity contribution is 6.30. The maximum Gasteiger partial charge on any atom is 0.387 e. The van der Waals surface area contributed by atoms with Crippen molar-refractivity contribution in [2.24, 2.45) is 5.73 Å². The predicted molar refractivity (Wildman–Crippen MR) is 60.8 cm³/mol. The zero-order chi connectivity index (χ0) is 12.0. The third kappa shape index (κ3) is 4.16. The van der Waals surface area contributed by atoms with Crippen LogP contribution in [0.5, 0.6) is 5.75 Å². The maximum absolute atomic E-state index is 12.1. The number of hydrogen-bond donors (Lipinski definition) is 1. The monoisotopic (exact) mass is 247 g/mol. The van der Waals surface area contributed by atoms with Crippen molar-refractivity contribution in [3.05, 3.63) is 34.9 Å². The van der Waals surface area contributed by atoms with Crippen LogP contribution in [0.1, 0.15) is 12.0 Å². The van der Waals surface area contributed by atoms with Gasteiger partial charge in [-0.3, -0.25) is 0 Å². The topological polar surface area (TPSA) is 35.2 Å². The lowest BCUT2D eigenvalue weighted by molar-refractivity contribution is -0.0499. The first-order valence-corrected chi connectivity index (χ1v) is 5.12. The van der Waals surface area contributed by atoms with E-state index in [4.69, 9.17) is 17.3 Å². The largest absolute Gasteiger partial charge is 0.434 e. The van der Waals surface area contributed by atoms with Crippen LogP contribution in [-0.4, -0.2) is 13.2 Å². The van der Waals surface area contributed by atoms with Gasteiger partial charge in [-0.05, 0) is 31.2 Å². The summed E-state index contributed by atoms with van der Waals surface area (Å²) in [4.78, 5) is 0. The molecular weight excluding hydrogens is 236 g/mol. The zero-order valence-electron chi connectivity index (χ0n) is 8.50. The fourth-order valence-corrected chi connectivity index (χ4v) is 1.34. The Morgan fingerprint density at radius 1 is 1.44 bits per heavy atom. The lowest BCUT2D eigenvalue weighted by Crippen LogP contribution is -2.03. The van der Waals surface area contributed by atoms with Crippen LogP contribution in [0.2, 0.25) is 5.02 Å². The molecule has 0 unspecified atom stereocenters. The molecule has 1 rings (SSSR count). The summed E-state index contributed by atoms with van der Waals surface area (Å²) in [7, 11) is 0. The number of nitrogens with two attached hydrogens (primary N) is 1. The van der Waals surface area contributed by atoms with Crippen molar-refractivity contribution in [3.8, 4) is 5.75 Å². The van der Waals surface area contributed by atoms with Crippen LogP contribution < -0.4 is 10.5 Å². The number of rotatable bonds is 5. The zero-order valence-corrected chi connectivity index (χ0v) is 9.25. The van der Waals surface area contributed by atoms with Gasteiger partial charge in [-0.1, -0.05) is 23.8 Å². The number of benzene rings is 1. The lowest BCUT2D eigenvalue weighted by atomic mass is 10.2. The summed E-state index contributed by atoms with van der Waals surface area (Å²) in [6.45, 7) is -2.34. The number of hydrogen-bond acceptors (Lipinski definition) is 2. The number of alkyl halides is 2. The second-order valence-electron chi connectivity index (χ2n) is 3.04. The molecule has 0 aliphatic heterocycles. The summed E-state index contributed by atoms with van der Waals surface area (Å²) < 4.78 is 28.5. The van der Waals surface area contributed by atoms with Crippen molar-refractivity contribution in [1.29, 1.82) is 0 Å². The molecule has 0 aliphatic carbocycles. The smallest absolute Gasteiger partial charge is 0.387 e. The Kier molecular flexibility index (Phi) is 5.22. The molecule has 5 heteroatoms. The molecule has 0 fully saturated rings. The molecule has 0 saturated heterocycles. The van der Waals surface area contributed by atoms with Gasteiger partial charge < -0.3 is 10.5 Å². The van der Waals surface area contributed by atoms with Gasteiger partial charge >= 0.3 is 6.61 Å². The molecule has 0 spiro atoms. The van der Waals surface area contributed by atoms with E-state index in [2.05, 4.69) is 4.74 Å². The van der Waals surface area contributed by atoms with Crippen LogP contribution in [0.3, 0.4) is 0 Å². The summed E-state index contributed by atoms with van der Waals surface area (Å²) in [5, 5.41) is 0.467. The minimum Gasteiger partial charge on any atom is -0.434 e. The van der Waals surface area contributed by atoms with Gasteiger partial charge in [0.2, 0.25) is 0 Å². The summed E-state index contributed by atoms with van der Waals surface area (Å²) in [5.41, 5.74) is 5.83. The van der Waals surface area contributed by atoms with Crippen molar-refractivity contribution in [2.45, 2.75) is 13.0 Å². The first kappa shape index (κ1) is 12.9. The molecule has 88 valence electrons. The molecule has 16 heavy (non-hydrogen) atoms. The Bertz CT molecular complexity index is 369. The molecule has 0 radical (unpaired) electrons. The van der Waals surface area contributed by atoms with E-state index in [-0.39, 0.29) is 5.75 Å². The number of ether oxygens (including phenoxy) is 1. The van der Waals surface area contributed by atoms with Crippen LogP contribution in [0.25, 0.3) is 6.08 Å². The van der Waals surface area contributed by atoms with Gasteiger partial charge in [0.05, 0.1) is 0 Å². The van der Waals surface area contributed by atoms with Crippen LogP contribution in [-0.2, 0) is 0 Å². The van der Waals surface area contributed by atoms with Crippen molar-refractivity contribution in [2.75, 3.05) is 6.54 Å². The van der Waals surface area contributed by atoms with E-state index in [9.17, 15) is 8.78 Å². The molecule has 0 aromatic heterocycles. The van der Waals surface area contributed by atoms with E-state index < -0.39 is 6.61 Å². The maximum atomic E-state index is 12.1. The van der Waals surface area contributed by atoms with Gasteiger partial charge in [0.1, 0.15) is 5.75 Å². The van der Waals surface area contributed by atoms with Crippen LogP contribution in [0.15, 0.2) is 24.3 Å². The lowest BCUT2D eigenvalue weighted by Gasteiger charge is -2.08. The van der Waals surface area contributed by atoms with Gasteiger partial charge in [-0.25, -0.2) is 0 Å². The van der Waals surface area contributed by atoms with Crippen LogP contribution in [0, 0.1) is 0 Å². The minimum atomic E-state index is -2.84. The summed E-state index contributed by atoms with van der Waals surface area (Å²) in [6.07, 6.45) is 4.11. The van der Waals surface area contributed by atoms with Gasteiger partial charge in [0.15, 0.2) is 0 Å². The average molecular weight is 248 g/mol. The minimum absolute atomic E-state index is 0.104. The van der Waals surface area contributed by atoms with Crippen molar-refractivity contribution < 1.29 is 13.5 Å². The second kappa shape index (κ2) is 6.45. The Morgan fingerprint density at radius 3 is 2.81 bits per heavy atom. The van der Waals surface area contributed by atoms with Gasteiger partial charge in [-0.15, -0.1) is 0 Å². The fraction of sp³-hybridized carbons (Fsp3) is 0.273. The quantitative estimate of drug-likeness (QED) is 0.866. The molecule has 2 nitrogen and oxygen atoms in total. The summed E-state index contributed by atoms with van der Waals surface area (Å²) in [6, 6.07) is 4.47. The second-order valence-corrected chi connectivity index (χ2v) is 3.48. The van der Waals surface area contributed by atoms with Crippen molar-refractivity contribution in [3.63, 3.8) is 0 Å². The standard InChI is InChI=1S/C11H12ClF2NO/c12-9-4-5-10(16-11(13)14)8(7-9)3-1-2-6-15/h1,3-5,7,11H,2,6,15H2. The van der Waals surface area contributed by atoms with E-state index in [1.54, 1.807) is 18.2 Å². The number of halogens is 3. The molecule has 0 saturated carbocycles. The Balaban J connectivity index is 2.89. The Hall–Kier alpha value is -1.13. The van der Waals surface area contributed by atoms with Gasteiger partial charge in [0.25, 0.3) is 0 Å². The highest BCUT2D eigenvalue weighted by Gasteiger charge is 2.08. The third-order valence-electron chi connectivity index (χ3n) is 1.82. The van der Waals surface area contributed by atoms with Crippen molar-refractivity contribution >= 4 is 17.7 Å². The normalized spacial score (nSPS) is 11.3. The summed E-state index contributed by atoms with van der Waals surface area (Å²) >= 11 is 5.76. The van der Waals surface area contributed by atoms with E-state index >= 15 is 0 Å². The molecular formula is C11H12ClF2NO. The first-order valence-electron chi connectivity index (χ1n) is 4.74.